The van der Waals surface area contributed by atoms with Gasteiger partial charge in [0.2, 0.25) is 0 Å². The maximum atomic E-state index is 10.1. The van der Waals surface area contributed by atoms with Crippen LogP contribution in [-0.4, -0.2) is 5.11 Å². The van der Waals surface area contributed by atoms with Crippen LogP contribution >= 0.6 is 0 Å². The van der Waals surface area contributed by atoms with Gasteiger partial charge in [-0.05, 0) is 16.9 Å². The highest BCUT2D eigenvalue weighted by atomic mass is 16.3. The lowest BCUT2D eigenvalue weighted by Crippen LogP contribution is -2.57. The van der Waals surface area contributed by atoms with Gasteiger partial charge in [-0.15, -0.1) is 0 Å². The van der Waals surface area contributed by atoms with Crippen molar-refractivity contribution in [3.05, 3.63) is 29.8 Å². The molecule has 1 aromatic rings. The smallest absolute Gasteiger partial charge is 0.120 e. The molecule has 0 unspecified atom stereocenters. The minimum atomic E-state index is -0.592. The standard InChI is InChI=1S/C15H25NO/c1-13(2,3)15(16,14(4,5)6)11-9-7-8-10-12(11)17/h7-10,17H,16H2,1-6H3. The first kappa shape index (κ1) is 14.0. The van der Waals surface area contributed by atoms with Crippen LogP contribution in [0, 0.1) is 10.8 Å². The summed E-state index contributed by atoms with van der Waals surface area (Å²) in [6, 6.07) is 7.37. The number of rotatable bonds is 1. The predicted octanol–water partition coefficient (Wildman–Crippen LogP) is 3.64. The molecule has 96 valence electrons. The quantitative estimate of drug-likeness (QED) is 0.780. The molecule has 2 heteroatoms. The maximum Gasteiger partial charge on any atom is 0.120 e. The van der Waals surface area contributed by atoms with E-state index in [1.807, 2.05) is 18.2 Å². The lowest BCUT2D eigenvalue weighted by atomic mass is 9.57. The minimum absolute atomic E-state index is 0.149. The molecule has 0 aliphatic heterocycles. The highest BCUT2D eigenvalue weighted by Gasteiger charge is 2.49. The Kier molecular flexibility index (Phi) is 3.32. The van der Waals surface area contributed by atoms with E-state index in [9.17, 15) is 5.11 Å². The van der Waals surface area contributed by atoms with Gasteiger partial charge in [0.25, 0.3) is 0 Å². The first-order valence-corrected chi connectivity index (χ1v) is 6.09. The molecule has 0 saturated carbocycles. The van der Waals surface area contributed by atoms with Crippen LogP contribution in [0.15, 0.2) is 24.3 Å². The normalized spacial score (nSPS) is 13.8. The van der Waals surface area contributed by atoms with Gasteiger partial charge in [0.1, 0.15) is 5.75 Å². The van der Waals surface area contributed by atoms with E-state index in [-0.39, 0.29) is 16.6 Å². The van der Waals surface area contributed by atoms with Crippen LogP contribution in [0.2, 0.25) is 0 Å². The van der Waals surface area contributed by atoms with Crippen LogP contribution in [0.25, 0.3) is 0 Å². The molecule has 0 radical (unpaired) electrons. The van der Waals surface area contributed by atoms with Gasteiger partial charge in [0.15, 0.2) is 0 Å². The number of phenols is 1. The van der Waals surface area contributed by atoms with Crippen LogP contribution < -0.4 is 5.73 Å². The lowest BCUT2D eigenvalue weighted by Gasteiger charge is -2.51. The third kappa shape index (κ3) is 2.19. The van der Waals surface area contributed by atoms with Gasteiger partial charge in [-0.2, -0.15) is 0 Å². The summed E-state index contributed by atoms with van der Waals surface area (Å²) >= 11 is 0. The Morgan fingerprint density at radius 1 is 0.882 bits per heavy atom. The van der Waals surface area contributed by atoms with E-state index in [1.54, 1.807) is 6.07 Å². The molecule has 0 aromatic heterocycles. The Hall–Kier alpha value is -1.02. The Bertz CT molecular complexity index is 382. The highest BCUT2D eigenvalue weighted by molar-refractivity contribution is 5.40. The van der Waals surface area contributed by atoms with Crippen molar-refractivity contribution in [2.45, 2.75) is 47.1 Å². The number of aromatic hydroxyl groups is 1. The Morgan fingerprint density at radius 3 is 1.65 bits per heavy atom. The number of phenolic OH excluding ortho intramolecular Hbond substituents is 1. The molecule has 3 N–H and O–H groups in total. The van der Waals surface area contributed by atoms with Gasteiger partial charge in [-0.25, -0.2) is 0 Å². The van der Waals surface area contributed by atoms with Gasteiger partial charge in [0, 0.05) is 5.56 Å². The average Bonchev–Trinajstić information content (AvgIpc) is 2.13. The van der Waals surface area contributed by atoms with E-state index in [4.69, 9.17) is 5.73 Å². The van der Waals surface area contributed by atoms with Crippen molar-refractivity contribution in [1.82, 2.24) is 0 Å². The summed E-state index contributed by atoms with van der Waals surface area (Å²) in [5.74, 6) is 0.278. The molecule has 2 nitrogen and oxygen atoms in total. The highest BCUT2D eigenvalue weighted by Crippen LogP contribution is 2.51. The van der Waals surface area contributed by atoms with Crippen LogP contribution in [0.4, 0.5) is 0 Å². The van der Waals surface area contributed by atoms with Crippen LogP contribution in [-0.2, 0) is 5.54 Å². The SMILES string of the molecule is CC(C)(C)C(N)(c1ccccc1O)C(C)(C)C. The number of nitrogens with two attached hydrogens (primary N) is 1. The van der Waals surface area contributed by atoms with E-state index in [0.717, 1.165) is 5.56 Å². The van der Waals surface area contributed by atoms with Gasteiger partial charge in [0.05, 0.1) is 5.54 Å². The molecule has 0 bridgehead atoms. The van der Waals surface area contributed by atoms with E-state index < -0.39 is 5.54 Å². The van der Waals surface area contributed by atoms with E-state index in [1.165, 1.54) is 0 Å². The Labute approximate surface area is 105 Å². The Balaban J connectivity index is 3.53. The molecule has 0 heterocycles. The van der Waals surface area contributed by atoms with E-state index >= 15 is 0 Å². The van der Waals surface area contributed by atoms with Crippen molar-refractivity contribution in [3.8, 4) is 5.75 Å². The third-order valence-corrected chi connectivity index (χ3v) is 3.69. The van der Waals surface area contributed by atoms with Crippen LogP contribution in [0.3, 0.4) is 0 Å². The fourth-order valence-electron chi connectivity index (χ4n) is 2.74. The zero-order valence-corrected chi connectivity index (χ0v) is 11.8. The molecule has 0 saturated heterocycles. The largest absolute Gasteiger partial charge is 0.508 e. The van der Waals surface area contributed by atoms with Gasteiger partial charge >= 0.3 is 0 Å². The average molecular weight is 235 g/mol. The summed E-state index contributed by atoms with van der Waals surface area (Å²) in [5.41, 5.74) is 6.64. The molecule has 0 aliphatic rings. The summed E-state index contributed by atoms with van der Waals surface area (Å²) in [6.45, 7) is 12.7. The number of hydrogen-bond acceptors (Lipinski definition) is 2. The van der Waals surface area contributed by atoms with E-state index in [0.29, 0.717) is 0 Å². The van der Waals surface area contributed by atoms with Gasteiger partial charge in [-0.1, -0.05) is 59.7 Å². The van der Waals surface area contributed by atoms with E-state index in [2.05, 4.69) is 41.5 Å². The van der Waals surface area contributed by atoms with Crippen molar-refractivity contribution in [1.29, 1.82) is 0 Å². The summed E-state index contributed by atoms with van der Waals surface area (Å²) < 4.78 is 0. The summed E-state index contributed by atoms with van der Waals surface area (Å²) in [5, 5.41) is 10.1. The van der Waals surface area contributed by atoms with Crippen molar-refractivity contribution in [2.24, 2.45) is 16.6 Å². The maximum absolute atomic E-state index is 10.1. The van der Waals surface area contributed by atoms with Crippen LogP contribution in [0.1, 0.15) is 47.1 Å². The topological polar surface area (TPSA) is 46.2 Å². The number of hydrogen-bond donors (Lipinski definition) is 2. The third-order valence-electron chi connectivity index (χ3n) is 3.69. The summed E-state index contributed by atoms with van der Waals surface area (Å²) in [4.78, 5) is 0. The van der Waals surface area contributed by atoms with Crippen molar-refractivity contribution >= 4 is 0 Å². The first-order valence-electron chi connectivity index (χ1n) is 6.09. The zero-order chi connectivity index (χ0) is 13.5. The molecular weight excluding hydrogens is 210 g/mol. The second-order valence-corrected chi connectivity index (χ2v) is 6.83. The molecule has 1 aromatic carbocycles. The van der Waals surface area contributed by atoms with Crippen LogP contribution in [0.5, 0.6) is 5.75 Å². The monoisotopic (exact) mass is 235 g/mol. The second kappa shape index (κ2) is 4.02. The molecule has 17 heavy (non-hydrogen) atoms. The van der Waals surface area contributed by atoms with Crippen molar-refractivity contribution in [2.75, 3.05) is 0 Å². The fraction of sp³-hybridized carbons (Fsp3) is 0.600. The number of benzene rings is 1. The van der Waals surface area contributed by atoms with Crippen molar-refractivity contribution < 1.29 is 5.11 Å². The molecular formula is C15H25NO. The second-order valence-electron chi connectivity index (χ2n) is 6.83. The minimum Gasteiger partial charge on any atom is -0.508 e. The van der Waals surface area contributed by atoms with Crippen molar-refractivity contribution in [3.63, 3.8) is 0 Å². The molecule has 0 spiro atoms. The molecule has 1 rings (SSSR count). The molecule has 0 fully saturated rings. The molecule has 0 atom stereocenters. The zero-order valence-electron chi connectivity index (χ0n) is 11.8. The first-order chi connectivity index (χ1) is 7.52. The fourth-order valence-corrected chi connectivity index (χ4v) is 2.74. The molecule has 0 aliphatic carbocycles. The van der Waals surface area contributed by atoms with Gasteiger partial charge < -0.3 is 10.8 Å². The van der Waals surface area contributed by atoms with Gasteiger partial charge in [-0.3, -0.25) is 0 Å². The number of para-hydroxylation sites is 1. The molecule has 0 amide bonds. The summed E-state index contributed by atoms with van der Waals surface area (Å²) in [7, 11) is 0. The predicted molar refractivity (Wildman–Crippen MR) is 72.9 cm³/mol. The summed E-state index contributed by atoms with van der Waals surface area (Å²) in [6.07, 6.45) is 0. The lowest BCUT2D eigenvalue weighted by molar-refractivity contribution is 0.0546. The Morgan fingerprint density at radius 2 is 1.29 bits per heavy atom.